The largest absolute Gasteiger partial charge is 0.314 e. The molecule has 2 fully saturated rings. The lowest BCUT2D eigenvalue weighted by atomic mass is 9.79. The summed E-state index contributed by atoms with van der Waals surface area (Å²) in [5, 5.41) is 3.68. The second kappa shape index (κ2) is 5.16. The van der Waals surface area contributed by atoms with E-state index in [0.717, 1.165) is 17.9 Å². The minimum absolute atomic E-state index is 0.863. The van der Waals surface area contributed by atoms with Crippen LogP contribution in [0.25, 0.3) is 0 Å². The van der Waals surface area contributed by atoms with Crippen LogP contribution in [0.2, 0.25) is 0 Å². The molecule has 1 nitrogen and oxygen atoms in total. The maximum atomic E-state index is 3.68. The average molecular weight is 195 g/mol. The van der Waals surface area contributed by atoms with Gasteiger partial charge in [-0.3, -0.25) is 0 Å². The van der Waals surface area contributed by atoms with Crippen molar-refractivity contribution in [3.05, 3.63) is 0 Å². The van der Waals surface area contributed by atoms with Gasteiger partial charge in [0.25, 0.3) is 0 Å². The molecule has 1 N–H and O–H groups in total. The predicted octanol–water partition coefficient (Wildman–Crippen LogP) is 3.34. The van der Waals surface area contributed by atoms with E-state index in [9.17, 15) is 0 Å². The predicted molar refractivity (Wildman–Crippen MR) is 61.4 cm³/mol. The second-order valence-electron chi connectivity index (χ2n) is 5.51. The molecule has 1 heteroatoms. The molecule has 2 rings (SSSR count). The van der Waals surface area contributed by atoms with Crippen molar-refractivity contribution in [2.45, 2.75) is 64.3 Å². The fourth-order valence-electron chi connectivity index (χ4n) is 3.09. The Morgan fingerprint density at radius 3 is 2.43 bits per heavy atom. The molecule has 0 amide bonds. The molecule has 1 saturated carbocycles. The molecule has 0 unspecified atom stereocenters. The van der Waals surface area contributed by atoms with Crippen LogP contribution in [0.15, 0.2) is 0 Å². The zero-order valence-electron chi connectivity index (χ0n) is 9.60. The lowest BCUT2D eigenvalue weighted by Gasteiger charge is -2.31. The van der Waals surface area contributed by atoms with Gasteiger partial charge in [0, 0.05) is 6.04 Å². The highest BCUT2D eigenvalue weighted by atomic mass is 14.9. The van der Waals surface area contributed by atoms with Crippen LogP contribution in [0.3, 0.4) is 0 Å². The van der Waals surface area contributed by atoms with E-state index in [0.29, 0.717) is 0 Å². The van der Waals surface area contributed by atoms with E-state index in [1.165, 1.54) is 57.9 Å². The summed E-state index contributed by atoms with van der Waals surface area (Å²) in [7, 11) is 0. The van der Waals surface area contributed by atoms with E-state index in [1.54, 1.807) is 0 Å². The summed E-state index contributed by atoms with van der Waals surface area (Å²) >= 11 is 0. The Morgan fingerprint density at radius 1 is 1.00 bits per heavy atom. The van der Waals surface area contributed by atoms with Crippen molar-refractivity contribution in [2.75, 3.05) is 6.54 Å². The normalized spacial score (nSPS) is 39.6. The highest BCUT2D eigenvalue weighted by molar-refractivity contribution is 4.78. The van der Waals surface area contributed by atoms with Gasteiger partial charge in [-0.2, -0.15) is 0 Å². The maximum Gasteiger partial charge on any atom is 0.00697 e. The van der Waals surface area contributed by atoms with Gasteiger partial charge in [0.1, 0.15) is 0 Å². The lowest BCUT2D eigenvalue weighted by molar-refractivity contribution is 0.239. The lowest BCUT2D eigenvalue weighted by Crippen LogP contribution is -2.36. The summed E-state index contributed by atoms with van der Waals surface area (Å²) in [6.07, 6.45) is 11.7. The van der Waals surface area contributed by atoms with Gasteiger partial charge in [-0.05, 0) is 37.6 Å². The number of hydrogen-bond acceptors (Lipinski definition) is 1. The topological polar surface area (TPSA) is 12.0 Å². The van der Waals surface area contributed by atoms with Gasteiger partial charge in [-0.25, -0.2) is 0 Å². The molecule has 0 radical (unpaired) electrons. The minimum Gasteiger partial charge on any atom is -0.314 e. The summed E-state index contributed by atoms with van der Waals surface area (Å²) in [4.78, 5) is 0. The van der Waals surface area contributed by atoms with Gasteiger partial charge >= 0.3 is 0 Å². The summed E-state index contributed by atoms with van der Waals surface area (Å²) in [6.45, 7) is 3.68. The van der Waals surface area contributed by atoms with Gasteiger partial charge in [0.15, 0.2) is 0 Å². The molecule has 0 aromatic carbocycles. The zero-order valence-corrected chi connectivity index (χ0v) is 9.60. The van der Waals surface area contributed by atoms with Crippen LogP contribution in [0, 0.1) is 11.8 Å². The Hall–Kier alpha value is -0.0400. The van der Waals surface area contributed by atoms with E-state index < -0.39 is 0 Å². The molecule has 82 valence electrons. The highest BCUT2D eigenvalue weighted by Gasteiger charge is 2.22. The van der Waals surface area contributed by atoms with E-state index in [2.05, 4.69) is 12.2 Å². The summed E-state index contributed by atoms with van der Waals surface area (Å²) in [5.41, 5.74) is 0. The van der Waals surface area contributed by atoms with Crippen molar-refractivity contribution in [1.82, 2.24) is 5.32 Å². The van der Waals surface area contributed by atoms with Crippen LogP contribution in [-0.2, 0) is 0 Å². The van der Waals surface area contributed by atoms with Crippen molar-refractivity contribution < 1.29 is 0 Å². The van der Waals surface area contributed by atoms with Gasteiger partial charge in [0.05, 0.1) is 0 Å². The molecule has 1 heterocycles. The average Bonchev–Trinajstić information content (AvgIpc) is 2.23. The minimum atomic E-state index is 0.863. The quantitative estimate of drug-likeness (QED) is 0.712. The Kier molecular flexibility index (Phi) is 3.86. The summed E-state index contributed by atoms with van der Waals surface area (Å²) in [6, 6.07) is 0.863. The highest BCUT2D eigenvalue weighted by Crippen LogP contribution is 2.32. The molecule has 0 bridgehead atoms. The van der Waals surface area contributed by atoms with Crippen molar-refractivity contribution in [1.29, 1.82) is 0 Å². The van der Waals surface area contributed by atoms with Crippen LogP contribution in [0.1, 0.15) is 58.3 Å². The van der Waals surface area contributed by atoms with Crippen LogP contribution in [-0.4, -0.2) is 12.6 Å². The number of rotatable bonds is 2. The first-order chi connectivity index (χ1) is 6.84. The third-order valence-electron chi connectivity index (χ3n) is 4.17. The zero-order chi connectivity index (χ0) is 9.80. The van der Waals surface area contributed by atoms with E-state index >= 15 is 0 Å². The molecule has 0 aromatic heterocycles. The Morgan fingerprint density at radius 2 is 1.79 bits per heavy atom. The summed E-state index contributed by atoms with van der Waals surface area (Å²) in [5.74, 6) is 2.05. The van der Waals surface area contributed by atoms with Crippen LogP contribution in [0.5, 0.6) is 0 Å². The molecule has 2 aliphatic rings. The number of hydrogen-bond donors (Lipinski definition) is 1. The van der Waals surface area contributed by atoms with Crippen molar-refractivity contribution in [3.8, 4) is 0 Å². The Balaban J connectivity index is 1.68. The summed E-state index contributed by atoms with van der Waals surface area (Å²) < 4.78 is 0. The first-order valence-corrected chi connectivity index (χ1v) is 6.58. The van der Waals surface area contributed by atoms with Gasteiger partial charge in [-0.1, -0.05) is 39.0 Å². The van der Waals surface area contributed by atoms with Gasteiger partial charge in [0.2, 0.25) is 0 Å². The van der Waals surface area contributed by atoms with Crippen molar-refractivity contribution in [2.24, 2.45) is 11.8 Å². The molecule has 14 heavy (non-hydrogen) atoms. The monoisotopic (exact) mass is 195 g/mol. The maximum absolute atomic E-state index is 3.68. The molecule has 1 atom stereocenters. The first kappa shape index (κ1) is 10.5. The molecular weight excluding hydrogens is 170 g/mol. The molecular formula is C13H25N. The molecule has 1 aliphatic carbocycles. The van der Waals surface area contributed by atoms with Gasteiger partial charge < -0.3 is 5.32 Å². The third kappa shape index (κ3) is 2.98. The van der Waals surface area contributed by atoms with Crippen LogP contribution >= 0.6 is 0 Å². The molecule has 0 spiro atoms. The second-order valence-corrected chi connectivity index (χ2v) is 5.51. The fourth-order valence-corrected chi connectivity index (χ4v) is 3.09. The Bertz CT molecular complexity index is 153. The van der Waals surface area contributed by atoms with Crippen molar-refractivity contribution in [3.63, 3.8) is 0 Å². The number of piperidine rings is 1. The standard InChI is InChI=1S/C13H25N/c1-11-5-7-12(8-6-11)10-13-4-2-3-9-14-13/h11-14H,2-10H2,1H3/t11?,12?,13-/m0/s1. The number of nitrogens with one attached hydrogen (secondary N) is 1. The van der Waals surface area contributed by atoms with Gasteiger partial charge in [-0.15, -0.1) is 0 Å². The molecule has 1 aliphatic heterocycles. The molecule has 1 saturated heterocycles. The smallest absolute Gasteiger partial charge is 0.00697 e. The van der Waals surface area contributed by atoms with Crippen LogP contribution in [0.4, 0.5) is 0 Å². The van der Waals surface area contributed by atoms with E-state index in [-0.39, 0.29) is 0 Å². The SMILES string of the molecule is CC1CCC(C[C@@H]2CCCCN2)CC1. The Labute approximate surface area is 88.7 Å². The fraction of sp³-hybridized carbons (Fsp3) is 1.00. The first-order valence-electron chi connectivity index (χ1n) is 6.58. The van der Waals surface area contributed by atoms with E-state index in [4.69, 9.17) is 0 Å². The van der Waals surface area contributed by atoms with Crippen molar-refractivity contribution >= 4 is 0 Å². The van der Waals surface area contributed by atoms with Crippen LogP contribution < -0.4 is 5.32 Å². The molecule has 0 aromatic rings. The van der Waals surface area contributed by atoms with E-state index in [1.807, 2.05) is 0 Å². The third-order valence-corrected chi connectivity index (χ3v) is 4.17.